The van der Waals surface area contributed by atoms with E-state index in [4.69, 9.17) is 4.74 Å². The zero-order valence-corrected chi connectivity index (χ0v) is 23.1. The first-order valence-electron chi connectivity index (χ1n) is 13.1. The van der Waals surface area contributed by atoms with E-state index in [1.165, 1.54) is 0 Å². The summed E-state index contributed by atoms with van der Waals surface area (Å²) in [4.78, 5) is 28.4. The normalized spacial score (nSPS) is 22.4. The lowest BCUT2D eigenvalue weighted by atomic mass is 9.85. The fourth-order valence-corrected chi connectivity index (χ4v) is 5.66. The van der Waals surface area contributed by atoms with Gasteiger partial charge in [0.25, 0.3) is 0 Å². The number of nitrogens with zero attached hydrogens (tertiary/aromatic N) is 1. The lowest BCUT2D eigenvalue weighted by Gasteiger charge is -2.45. The molecular weight excluding hydrogens is 571 g/mol. The highest BCUT2D eigenvalue weighted by molar-refractivity contribution is 14.1. The molecule has 1 aromatic rings. The van der Waals surface area contributed by atoms with Crippen molar-refractivity contribution in [2.45, 2.75) is 88.5 Å². The van der Waals surface area contributed by atoms with Gasteiger partial charge in [0, 0.05) is 31.0 Å². The summed E-state index contributed by atoms with van der Waals surface area (Å²) >= 11 is 2.18. The van der Waals surface area contributed by atoms with E-state index in [-0.39, 0.29) is 37.4 Å². The lowest BCUT2D eigenvalue weighted by Crippen LogP contribution is -2.58. The molecule has 0 heterocycles. The Morgan fingerprint density at radius 2 is 1.94 bits per heavy atom. The topological polar surface area (TPSA) is 99.1 Å². The minimum Gasteiger partial charge on any atom is -0.482 e. The number of carbonyl (C=O) groups is 2. The number of amides is 2. The van der Waals surface area contributed by atoms with Crippen molar-refractivity contribution >= 4 is 34.4 Å². The Kier molecular flexibility index (Phi) is 11.7. The molecule has 0 bridgehead atoms. The Morgan fingerprint density at radius 3 is 2.64 bits per heavy atom. The monoisotopic (exact) mass is 610 g/mol. The first-order valence-corrected chi connectivity index (χ1v) is 14.1. The van der Waals surface area contributed by atoms with Gasteiger partial charge in [0.15, 0.2) is 0 Å². The molecular formula is C28H39IN2O5. The summed E-state index contributed by atoms with van der Waals surface area (Å²) < 4.78 is 7.13. The first-order chi connectivity index (χ1) is 17.5. The second-order valence-corrected chi connectivity index (χ2v) is 10.7. The third-order valence-electron chi connectivity index (χ3n) is 6.98. The molecule has 3 atom stereocenters. The van der Waals surface area contributed by atoms with E-state index in [1.54, 1.807) is 6.08 Å². The number of ether oxygens (including phenoxy) is 1. The van der Waals surface area contributed by atoms with Gasteiger partial charge in [-0.2, -0.15) is 0 Å². The number of halogens is 1. The summed E-state index contributed by atoms with van der Waals surface area (Å²) in [5, 5.41) is 23.5. The number of hydrogen-bond acceptors (Lipinski definition) is 5. The van der Waals surface area contributed by atoms with Gasteiger partial charge >= 0.3 is 0 Å². The van der Waals surface area contributed by atoms with Crippen molar-refractivity contribution in [1.29, 1.82) is 0 Å². The van der Waals surface area contributed by atoms with Gasteiger partial charge in [-0.05, 0) is 72.9 Å². The standard InChI is InChI=1S/C28H39IN2O5/c1-2-3-4-8-15-26(33)31(21-11-6-5-7-12-21)23-18-20(28(35)30-16-17-32)19-25(27(23)34)36-24-14-10-9-13-22(24)29/h2,9-10,13-14,19,21,23,25,27,32,34H,1,3-8,11-12,15-18H2,(H,30,35)/t23-,25+,27+/m1/s1. The van der Waals surface area contributed by atoms with Crippen LogP contribution in [0.2, 0.25) is 0 Å². The Labute approximate surface area is 228 Å². The number of para-hydroxylation sites is 1. The molecule has 0 aromatic heterocycles. The van der Waals surface area contributed by atoms with Gasteiger partial charge in [0.2, 0.25) is 11.8 Å². The van der Waals surface area contributed by atoms with Crippen molar-refractivity contribution < 1.29 is 24.5 Å². The van der Waals surface area contributed by atoms with Crippen LogP contribution >= 0.6 is 22.6 Å². The largest absolute Gasteiger partial charge is 0.482 e. The summed E-state index contributed by atoms with van der Waals surface area (Å²) in [6, 6.07) is 7.01. The third kappa shape index (κ3) is 7.79. The highest BCUT2D eigenvalue weighted by atomic mass is 127. The molecule has 3 N–H and O–H groups in total. The maximum Gasteiger partial charge on any atom is 0.247 e. The van der Waals surface area contributed by atoms with E-state index in [1.807, 2.05) is 35.2 Å². The average Bonchev–Trinajstić information content (AvgIpc) is 2.89. The van der Waals surface area contributed by atoms with Crippen LogP contribution in [0.25, 0.3) is 0 Å². The Morgan fingerprint density at radius 1 is 1.19 bits per heavy atom. The van der Waals surface area contributed by atoms with Crippen LogP contribution in [0.1, 0.15) is 64.2 Å². The van der Waals surface area contributed by atoms with Gasteiger partial charge in [0.05, 0.1) is 16.2 Å². The zero-order chi connectivity index (χ0) is 25.9. The number of allylic oxidation sites excluding steroid dienone is 1. The van der Waals surface area contributed by atoms with Crippen molar-refractivity contribution in [2.75, 3.05) is 13.2 Å². The minimum atomic E-state index is -0.977. The van der Waals surface area contributed by atoms with Crippen molar-refractivity contribution in [1.82, 2.24) is 10.2 Å². The SMILES string of the molecule is C=CCCCCC(=O)N(C1CCCCC1)[C@@H]1CC(C(=O)NCCO)=C[C@H](Oc2ccccc2I)[C@H]1O. The summed E-state index contributed by atoms with van der Waals surface area (Å²) in [5.41, 5.74) is 0.468. The molecule has 7 nitrogen and oxygen atoms in total. The molecule has 0 unspecified atom stereocenters. The number of aliphatic hydroxyl groups is 2. The maximum absolute atomic E-state index is 13.6. The quantitative estimate of drug-likeness (QED) is 0.188. The molecule has 0 saturated heterocycles. The molecule has 0 radical (unpaired) electrons. The molecule has 1 fully saturated rings. The second-order valence-electron chi connectivity index (χ2n) is 9.57. The van der Waals surface area contributed by atoms with Crippen molar-refractivity contribution in [2.24, 2.45) is 0 Å². The predicted molar refractivity (Wildman–Crippen MR) is 149 cm³/mol. The number of nitrogens with one attached hydrogen (secondary N) is 1. The van der Waals surface area contributed by atoms with Gasteiger partial charge in [-0.15, -0.1) is 6.58 Å². The number of carbonyl (C=O) groups excluding carboxylic acids is 2. The fraction of sp³-hybridized carbons (Fsp3) is 0.571. The van der Waals surface area contributed by atoms with Gasteiger partial charge in [-0.25, -0.2) is 0 Å². The summed E-state index contributed by atoms with van der Waals surface area (Å²) in [5.74, 6) is 0.341. The van der Waals surface area contributed by atoms with Gasteiger partial charge < -0.3 is 25.2 Å². The number of rotatable bonds is 12. The van der Waals surface area contributed by atoms with Crippen LogP contribution in [0, 0.1) is 3.57 Å². The van der Waals surface area contributed by atoms with E-state index in [0.717, 1.165) is 54.9 Å². The molecule has 1 saturated carbocycles. The Bertz CT molecular complexity index is 915. The van der Waals surface area contributed by atoms with Crippen LogP contribution in [0.5, 0.6) is 5.75 Å². The molecule has 3 rings (SSSR count). The summed E-state index contributed by atoms with van der Waals surface area (Å²) in [7, 11) is 0. The molecule has 2 aliphatic carbocycles. The highest BCUT2D eigenvalue weighted by Gasteiger charge is 2.42. The molecule has 1 aromatic carbocycles. The molecule has 2 amide bonds. The highest BCUT2D eigenvalue weighted by Crippen LogP contribution is 2.34. The molecule has 0 aliphatic heterocycles. The van der Waals surface area contributed by atoms with Crippen LogP contribution in [0.3, 0.4) is 0 Å². The van der Waals surface area contributed by atoms with E-state index >= 15 is 0 Å². The molecule has 198 valence electrons. The van der Waals surface area contributed by atoms with Gasteiger partial charge in [-0.3, -0.25) is 9.59 Å². The number of benzene rings is 1. The Balaban J connectivity index is 1.91. The van der Waals surface area contributed by atoms with Crippen LogP contribution in [-0.4, -0.2) is 64.4 Å². The van der Waals surface area contributed by atoms with E-state index in [0.29, 0.717) is 17.7 Å². The Hall–Kier alpha value is -1.91. The third-order valence-corrected chi connectivity index (χ3v) is 7.87. The minimum absolute atomic E-state index is 0.0278. The van der Waals surface area contributed by atoms with E-state index < -0.39 is 18.2 Å². The van der Waals surface area contributed by atoms with E-state index in [9.17, 15) is 19.8 Å². The molecule has 8 heteroatoms. The van der Waals surface area contributed by atoms with E-state index in [2.05, 4.69) is 34.5 Å². The fourth-order valence-electron chi connectivity index (χ4n) is 5.15. The van der Waals surface area contributed by atoms with Crippen LogP contribution < -0.4 is 10.1 Å². The van der Waals surface area contributed by atoms with Crippen LogP contribution in [-0.2, 0) is 9.59 Å². The maximum atomic E-state index is 13.6. The number of unbranched alkanes of at least 4 members (excludes halogenated alkanes) is 2. The number of hydrogen-bond donors (Lipinski definition) is 3. The second kappa shape index (κ2) is 14.7. The number of aliphatic hydroxyl groups excluding tert-OH is 2. The van der Waals surface area contributed by atoms with Crippen LogP contribution in [0.4, 0.5) is 0 Å². The predicted octanol–water partition coefficient (Wildman–Crippen LogP) is 4.11. The molecule has 0 spiro atoms. The van der Waals surface area contributed by atoms with Crippen LogP contribution in [0.15, 0.2) is 48.6 Å². The summed E-state index contributed by atoms with van der Waals surface area (Å²) in [6.45, 7) is 3.74. The molecule has 2 aliphatic rings. The van der Waals surface area contributed by atoms with Crippen molar-refractivity contribution in [3.8, 4) is 5.75 Å². The van der Waals surface area contributed by atoms with Gasteiger partial charge in [-0.1, -0.05) is 37.5 Å². The lowest BCUT2D eigenvalue weighted by molar-refractivity contribution is -0.143. The average molecular weight is 611 g/mol. The summed E-state index contributed by atoms with van der Waals surface area (Å²) in [6.07, 6.45) is 10.0. The molecule has 36 heavy (non-hydrogen) atoms. The zero-order valence-electron chi connectivity index (χ0n) is 20.9. The van der Waals surface area contributed by atoms with Gasteiger partial charge in [0.1, 0.15) is 18.0 Å². The first kappa shape index (κ1) is 28.7. The van der Waals surface area contributed by atoms with Crippen molar-refractivity contribution in [3.05, 3.63) is 52.1 Å². The van der Waals surface area contributed by atoms with Crippen molar-refractivity contribution in [3.63, 3.8) is 0 Å². The smallest absolute Gasteiger partial charge is 0.247 e.